The van der Waals surface area contributed by atoms with Crippen LogP contribution in [0.3, 0.4) is 0 Å². The van der Waals surface area contributed by atoms with Crippen LogP contribution >= 0.6 is 0 Å². The number of rotatable bonds is 4. The van der Waals surface area contributed by atoms with Crippen LogP contribution in [0.2, 0.25) is 0 Å². The molecule has 0 unspecified atom stereocenters. The normalized spacial score (nSPS) is 17.4. The largest absolute Gasteiger partial charge is 0.378 e. The summed E-state index contributed by atoms with van der Waals surface area (Å²) in [6.07, 6.45) is 0.509. The maximum absolute atomic E-state index is 13.6. The van der Waals surface area contributed by atoms with Gasteiger partial charge in [0, 0.05) is 26.6 Å². The molecule has 0 radical (unpaired) electrons. The lowest BCUT2D eigenvalue weighted by Gasteiger charge is -2.38. The highest BCUT2D eigenvalue weighted by atomic mass is 19.1. The summed E-state index contributed by atoms with van der Waals surface area (Å²) in [4.78, 5) is 13.7. The number of methoxy groups -OCH3 is 1. The van der Waals surface area contributed by atoms with Crippen LogP contribution in [0.15, 0.2) is 24.3 Å². The van der Waals surface area contributed by atoms with Gasteiger partial charge >= 0.3 is 0 Å². The fraction of sp³-hybridized carbons (Fsp3) is 0.500. The summed E-state index contributed by atoms with van der Waals surface area (Å²) < 4.78 is 18.7. The first kappa shape index (κ1) is 13.0. The number of hydrogen-bond acceptors (Lipinski definition) is 2. The second kappa shape index (κ2) is 5.48. The van der Waals surface area contributed by atoms with Crippen LogP contribution in [-0.2, 0) is 9.53 Å². The van der Waals surface area contributed by atoms with Gasteiger partial charge < -0.3 is 9.64 Å². The molecule has 0 N–H and O–H groups in total. The summed E-state index contributed by atoms with van der Waals surface area (Å²) in [5, 5.41) is 0. The molecule has 1 aliphatic heterocycles. The molecule has 0 saturated carbocycles. The van der Waals surface area contributed by atoms with E-state index in [4.69, 9.17) is 4.74 Å². The predicted octanol–water partition coefficient (Wildman–Crippen LogP) is 2.18. The van der Waals surface area contributed by atoms with Gasteiger partial charge in [-0.2, -0.15) is 0 Å². The van der Waals surface area contributed by atoms with Crippen molar-refractivity contribution >= 4 is 5.91 Å². The number of likely N-dealkylation sites (tertiary alicyclic amines) is 1. The number of nitrogens with zero attached hydrogens (tertiary/aromatic N) is 1. The van der Waals surface area contributed by atoms with Gasteiger partial charge in [0.1, 0.15) is 5.82 Å². The lowest BCUT2D eigenvalue weighted by Crippen LogP contribution is -2.54. The Morgan fingerprint density at radius 2 is 2.17 bits per heavy atom. The van der Waals surface area contributed by atoms with Gasteiger partial charge in [-0.15, -0.1) is 0 Å². The second-order valence-corrected chi connectivity index (χ2v) is 4.78. The SMILES string of the molecule is COC1CN(C(=O)C[C@H](C)c2ccccc2F)C1. The van der Waals surface area contributed by atoms with E-state index in [1.165, 1.54) is 6.07 Å². The third kappa shape index (κ3) is 2.70. The average molecular weight is 251 g/mol. The second-order valence-electron chi connectivity index (χ2n) is 4.78. The predicted molar refractivity (Wildman–Crippen MR) is 66.8 cm³/mol. The number of carbonyl (C=O) groups is 1. The summed E-state index contributed by atoms with van der Waals surface area (Å²) in [6, 6.07) is 6.62. The maximum atomic E-state index is 13.6. The summed E-state index contributed by atoms with van der Waals surface area (Å²) in [5.41, 5.74) is 0.606. The van der Waals surface area contributed by atoms with E-state index in [0.717, 1.165) is 0 Å². The minimum atomic E-state index is -0.240. The molecule has 1 fully saturated rings. The van der Waals surface area contributed by atoms with E-state index < -0.39 is 0 Å². The number of halogens is 1. The van der Waals surface area contributed by atoms with Crippen molar-refractivity contribution in [2.24, 2.45) is 0 Å². The first-order valence-corrected chi connectivity index (χ1v) is 6.16. The Kier molecular flexibility index (Phi) is 3.97. The average Bonchev–Trinajstić information content (AvgIpc) is 2.28. The van der Waals surface area contributed by atoms with Crippen LogP contribution in [-0.4, -0.2) is 37.1 Å². The third-order valence-electron chi connectivity index (χ3n) is 3.45. The molecule has 0 aliphatic carbocycles. The molecular weight excluding hydrogens is 233 g/mol. The van der Waals surface area contributed by atoms with E-state index in [0.29, 0.717) is 25.1 Å². The molecule has 18 heavy (non-hydrogen) atoms. The molecule has 1 amide bonds. The molecule has 0 bridgehead atoms. The lowest BCUT2D eigenvalue weighted by molar-refractivity contribution is -0.143. The highest BCUT2D eigenvalue weighted by Crippen LogP contribution is 2.24. The molecule has 1 atom stereocenters. The summed E-state index contributed by atoms with van der Waals surface area (Å²) >= 11 is 0. The zero-order valence-electron chi connectivity index (χ0n) is 10.7. The van der Waals surface area contributed by atoms with E-state index in [-0.39, 0.29) is 23.7 Å². The molecule has 1 heterocycles. The zero-order valence-corrected chi connectivity index (χ0v) is 10.7. The summed E-state index contributed by atoms with van der Waals surface area (Å²) in [6.45, 7) is 3.18. The van der Waals surface area contributed by atoms with E-state index in [9.17, 15) is 9.18 Å². The Bertz CT molecular complexity index is 430. The molecule has 0 spiro atoms. The number of amides is 1. The van der Waals surface area contributed by atoms with Gasteiger partial charge in [0.05, 0.1) is 6.10 Å². The van der Waals surface area contributed by atoms with Gasteiger partial charge in [-0.3, -0.25) is 4.79 Å². The van der Waals surface area contributed by atoms with E-state index in [2.05, 4.69) is 0 Å². The Hall–Kier alpha value is -1.42. The molecule has 1 aromatic carbocycles. The lowest BCUT2D eigenvalue weighted by atomic mass is 9.96. The molecule has 0 aromatic heterocycles. The van der Waals surface area contributed by atoms with Crippen molar-refractivity contribution in [3.05, 3.63) is 35.6 Å². The first-order valence-electron chi connectivity index (χ1n) is 6.16. The molecule has 2 rings (SSSR count). The van der Waals surface area contributed by atoms with Gasteiger partial charge in [0.25, 0.3) is 0 Å². The number of carbonyl (C=O) groups excluding carboxylic acids is 1. The minimum Gasteiger partial charge on any atom is -0.378 e. The molecule has 4 heteroatoms. The van der Waals surface area contributed by atoms with Crippen LogP contribution in [0.25, 0.3) is 0 Å². The summed E-state index contributed by atoms with van der Waals surface area (Å²) in [5.74, 6) is -0.268. The number of benzene rings is 1. The topological polar surface area (TPSA) is 29.5 Å². The quantitative estimate of drug-likeness (QED) is 0.821. The Balaban J connectivity index is 1.90. The Morgan fingerprint density at radius 1 is 1.50 bits per heavy atom. The summed E-state index contributed by atoms with van der Waals surface area (Å²) in [7, 11) is 1.65. The van der Waals surface area contributed by atoms with E-state index in [1.54, 1.807) is 30.2 Å². The van der Waals surface area contributed by atoms with Crippen LogP contribution in [0.4, 0.5) is 4.39 Å². The van der Waals surface area contributed by atoms with Crippen LogP contribution in [0.5, 0.6) is 0 Å². The maximum Gasteiger partial charge on any atom is 0.223 e. The first-order chi connectivity index (χ1) is 8.61. The number of ether oxygens (including phenoxy) is 1. The van der Waals surface area contributed by atoms with Crippen LogP contribution in [0.1, 0.15) is 24.8 Å². The van der Waals surface area contributed by atoms with Crippen molar-refractivity contribution in [1.29, 1.82) is 0 Å². The molecule has 1 aromatic rings. The Morgan fingerprint density at radius 3 is 2.78 bits per heavy atom. The highest BCUT2D eigenvalue weighted by Gasteiger charge is 2.31. The van der Waals surface area contributed by atoms with Gasteiger partial charge in [-0.1, -0.05) is 25.1 Å². The van der Waals surface area contributed by atoms with Crippen molar-refractivity contribution in [2.75, 3.05) is 20.2 Å². The standard InChI is InChI=1S/C14H18FNO2/c1-10(12-5-3-4-6-13(12)15)7-14(17)16-8-11(9-16)18-2/h3-6,10-11H,7-9H2,1-2H3/t10-/m0/s1. The smallest absolute Gasteiger partial charge is 0.223 e. The molecule has 1 aliphatic rings. The Labute approximate surface area is 107 Å². The van der Waals surface area contributed by atoms with Crippen molar-refractivity contribution < 1.29 is 13.9 Å². The fourth-order valence-corrected chi connectivity index (χ4v) is 2.17. The van der Waals surface area contributed by atoms with Gasteiger partial charge in [0.15, 0.2) is 0 Å². The molecule has 1 saturated heterocycles. The van der Waals surface area contributed by atoms with Crippen molar-refractivity contribution in [1.82, 2.24) is 4.90 Å². The monoisotopic (exact) mass is 251 g/mol. The van der Waals surface area contributed by atoms with Gasteiger partial charge in [-0.25, -0.2) is 4.39 Å². The van der Waals surface area contributed by atoms with Gasteiger partial charge in [0.2, 0.25) is 5.91 Å². The van der Waals surface area contributed by atoms with Gasteiger partial charge in [-0.05, 0) is 17.5 Å². The van der Waals surface area contributed by atoms with Crippen molar-refractivity contribution in [3.63, 3.8) is 0 Å². The number of hydrogen-bond donors (Lipinski definition) is 0. The highest BCUT2D eigenvalue weighted by molar-refractivity contribution is 5.78. The molecule has 98 valence electrons. The fourth-order valence-electron chi connectivity index (χ4n) is 2.17. The van der Waals surface area contributed by atoms with Crippen molar-refractivity contribution in [2.45, 2.75) is 25.4 Å². The van der Waals surface area contributed by atoms with Crippen LogP contribution in [0, 0.1) is 5.82 Å². The molecular formula is C14H18FNO2. The van der Waals surface area contributed by atoms with Crippen LogP contribution < -0.4 is 0 Å². The van der Waals surface area contributed by atoms with E-state index in [1.807, 2.05) is 6.92 Å². The minimum absolute atomic E-state index is 0.0686. The molecule has 3 nitrogen and oxygen atoms in total. The van der Waals surface area contributed by atoms with Crippen molar-refractivity contribution in [3.8, 4) is 0 Å². The van der Waals surface area contributed by atoms with E-state index >= 15 is 0 Å². The third-order valence-corrected chi connectivity index (χ3v) is 3.45. The zero-order chi connectivity index (χ0) is 13.1.